The molecule has 2 heteroatoms. The van der Waals surface area contributed by atoms with Crippen LogP contribution < -0.4 is 0 Å². The third-order valence-electron chi connectivity index (χ3n) is 4.19. The average Bonchev–Trinajstić information content (AvgIpc) is 2.82. The van der Waals surface area contributed by atoms with Crippen molar-refractivity contribution in [1.82, 2.24) is 0 Å². The SMILES string of the molecule is O=C1C2=C(CCC=C2c2ccc(Cl)cc2)c2ccccc21. The molecule has 0 saturated carbocycles. The number of hydrogen-bond donors (Lipinski definition) is 0. The van der Waals surface area contributed by atoms with E-state index < -0.39 is 0 Å². The molecule has 2 aromatic rings. The van der Waals surface area contributed by atoms with Gasteiger partial charge in [0.15, 0.2) is 5.78 Å². The van der Waals surface area contributed by atoms with Gasteiger partial charge in [-0.05, 0) is 47.2 Å². The molecule has 0 saturated heterocycles. The van der Waals surface area contributed by atoms with Gasteiger partial charge in [-0.1, -0.05) is 54.1 Å². The zero-order valence-electron chi connectivity index (χ0n) is 11.4. The molecule has 102 valence electrons. The molecule has 21 heavy (non-hydrogen) atoms. The number of fused-ring (bicyclic) bond motifs is 2. The Morgan fingerprint density at radius 2 is 1.62 bits per heavy atom. The number of hydrogen-bond acceptors (Lipinski definition) is 1. The van der Waals surface area contributed by atoms with Gasteiger partial charge in [0.25, 0.3) is 0 Å². The fourth-order valence-electron chi connectivity index (χ4n) is 3.25. The van der Waals surface area contributed by atoms with Crippen LogP contribution in [0.1, 0.15) is 34.3 Å². The third-order valence-corrected chi connectivity index (χ3v) is 4.44. The van der Waals surface area contributed by atoms with Crippen LogP contribution in [0.4, 0.5) is 0 Å². The number of ketones is 1. The molecule has 2 aliphatic carbocycles. The number of allylic oxidation sites excluding steroid dienone is 4. The maximum absolute atomic E-state index is 12.8. The van der Waals surface area contributed by atoms with E-state index in [1.54, 1.807) is 0 Å². The summed E-state index contributed by atoms with van der Waals surface area (Å²) in [4.78, 5) is 12.8. The molecule has 0 heterocycles. The van der Waals surface area contributed by atoms with Crippen molar-refractivity contribution in [1.29, 1.82) is 0 Å². The van der Waals surface area contributed by atoms with Gasteiger partial charge < -0.3 is 0 Å². The Labute approximate surface area is 128 Å². The van der Waals surface area contributed by atoms with Crippen molar-refractivity contribution < 1.29 is 4.79 Å². The number of carbonyl (C=O) groups excluding carboxylic acids is 1. The summed E-state index contributed by atoms with van der Waals surface area (Å²) in [6, 6.07) is 15.6. The van der Waals surface area contributed by atoms with E-state index in [-0.39, 0.29) is 5.78 Å². The topological polar surface area (TPSA) is 17.1 Å². The predicted octanol–water partition coefficient (Wildman–Crippen LogP) is 5.17. The Morgan fingerprint density at radius 1 is 0.905 bits per heavy atom. The Morgan fingerprint density at radius 3 is 2.38 bits per heavy atom. The molecule has 4 rings (SSSR count). The maximum atomic E-state index is 12.8. The van der Waals surface area contributed by atoms with Crippen LogP contribution in [0, 0.1) is 0 Å². The lowest BCUT2D eigenvalue weighted by atomic mass is 9.87. The zero-order valence-corrected chi connectivity index (χ0v) is 12.2. The molecule has 0 aromatic heterocycles. The Kier molecular flexibility index (Phi) is 2.83. The third kappa shape index (κ3) is 1.89. The first-order valence-electron chi connectivity index (χ1n) is 7.09. The number of carbonyl (C=O) groups is 1. The van der Waals surface area contributed by atoms with E-state index in [1.807, 2.05) is 42.5 Å². The van der Waals surface area contributed by atoms with Gasteiger partial charge in [0.1, 0.15) is 0 Å². The molecule has 0 amide bonds. The van der Waals surface area contributed by atoms with Gasteiger partial charge in [-0.2, -0.15) is 0 Å². The summed E-state index contributed by atoms with van der Waals surface area (Å²) in [7, 11) is 0. The highest BCUT2D eigenvalue weighted by Gasteiger charge is 2.32. The average molecular weight is 293 g/mol. The first-order chi connectivity index (χ1) is 10.3. The molecule has 0 spiro atoms. The summed E-state index contributed by atoms with van der Waals surface area (Å²) in [5.41, 5.74) is 6.14. The zero-order chi connectivity index (χ0) is 14.4. The second-order valence-electron chi connectivity index (χ2n) is 5.39. The van der Waals surface area contributed by atoms with Crippen LogP contribution in [-0.4, -0.2) is 5.78 Å². The van der Waals surface area contributed by atoms with Crippen LogP contribution >= 0.6 is 11.6 Å². The standard InChI is InChI=1S/C19H13ClO/c20-13-10-8-12(9-11-13)14-6-3-7-16-15-4-1-2-5-17(15)19(21)18(14)16/h1-2,4-6,8-11H,3,7H2. The molecule has 0 radical (unpaired) electrons. The van der Waals surface area contributed by atoms with Crippen LogP contribution in [0.25, 0.3) is 11.1 Å². The summed E-state index contributed by atoms with van der Waals surface area (Å²) in [6.07, 6.45) is 4.08. The highest BCUT2D eigenvalue weighted by atomic mass is 35.5. The molecule has 0 N–H and O–H groups in total. The predicted molar refractivity (Wildman–Crippen MR) is 86.4 cm³/mol. The van der Waals surface area contributed by atoms with Crippen molar-refractivity contribution in [3.8, 4) is 0 Å². The van der Waals surface area contributed by atoms with Gasteiger partial charge in [0.05, 0.1) is 0 Å². The van der Waals surface area contributed by atoms with Gasteiger partial charge in [-0.25, -0.2) is 0 Å². The Balaban J connectivity index is 1.88. The first-order valence-corrected chi connectivity index (χ1v) is 7.47. The second-order valence-corrected chi connectivity index (χ2v) is 5.83. The van der Waals surface area contributed by atoms with Crippen LogP contribution in [-0.2, 0) is 0 Å². The largest absolute Gasteiger partial charge is 0.289 e. The Bertz CT molecular complexity index is 810. The van der Waals surface area contributed by atoms with Gasteiger partial charge in [-0.15, -0.1) is 0 Å². The van der Waals surface area contributed by atoms with Crippen molar-refractivity contribution >= 4 is 28.5 Å². The van der Waals surface area contributed by atoms with Crippen molar-refractivity contribution in [2.75, 3.05) is 0 Å². The molecule has 2 aliphatic rings. The monoisotopic (exact) mass is 292 g/mol. The molecule has 0 atom stereocenters. The van der Waals surface area contributed by atoms with E-state index in [4.69, 9.17) is 11.6 Å². The fourth-order valence-corrected chi connectivity index (χ4v) is 3.38. The van der Waals surface area contributed by atoms with Crippen LogP contribution in [0.3, 0.4) is 0 Å². The first kappa shape index (κ1) is 12.6. The molecular weight excluding hydrogens is 280 g/mol. The summed E-state index contributed by atoms with van der Waals surface area (Å²) in [5.74, 6) is 0.154. The van der Waals surface area contributed by atoms with Gasteiger partial charge in [0, 0.05) is 16.2 Å². The minimum atomic E-state index is 0.154. The van der Waals surface area contributed by atoms with E-state index in [0.717, 1.165) is 40.7 Å². The minimum Gasteiger partial charge on any atom is -0.289 e. The number of benzene rings is 2. The van der Waals surface area contributed by atoms with Gasteiger partial charge >= 0.3 is 0 Å². The van der Waals surface area contributed by atoms with Crippen LogP contribution in [0.2, 0.25) is 5.02 Å². The van der Waals surface area contributed by atoms with E-state index >= 15 is 0 Å². The van der Waals surface area contributed by atoms with Gasteiger partial charge in [0.2, 0.25) is 0 Å². The fraction of sp³-hybridized carbons (Fsp3) is 0.105. The van der Waals surface area contributed by atoms with Crippen molar-refractivity contribution in [2.45, 2.75) is 12.8 Å². The quantitative estimate of drug-likeness (QED) is 0.709. The lowest BCUT2D eigenvalue weighted by Crippen LogP contribution is -2.04. The van der Waals surface area contributed by atoms with Crippen molar-refractivity contribution in [3.05, 3.63) is 81.9 Å². The van der Waals surface area contributed by atoms with E-state index in [2.05, 4.69) is 12.1 Å². The summed E-state index contributed by atoms with van der Waals surface area (Å²) >= 11 is 5.97. The van der Waals surface area contributed by atoms with Crippen LogP contribution in [0.5, 0.6) is 0 Å². The Hall–Kier alpha value is -2.12. The molecule has 1 nitrogen and oxygen atoms in total. The van der Waals surface area contributed by atoms with Crippen LogP contribution in [0.15, 0.2) is 60.2 Å². The second kappa shape index (κ2) is 4.71. The lowest BCUT2D eigenvalue weighted by molar-refractivity contribution is 0.104. The lowest BCUT2D eigenvalue weighted by Gasteiger charge is -2.16. The van der Waals surface area contributed by atoms with Crippen molar-refractivity contribution in [2.24, 2.45) is 0 Å². The molecule has 0 unspecified atom stereocenters. The summed E-state index contributed by atoms with van der Waals surface area (Å²) in [5, 5.41) is 0.713. The van der Waals surface area contributed by atoms with Gasteiger partial charge in [-0.3, -0.25) is 4.79 Å². The smallest absolute Gasteiger partial charge is 0.194 e. The minimum absolute atomic E-state index is 0.154. The van der Waals surface area contributed by atoms with E-state index in [0.29, 0.717) is 5.02 Å². The van der Waals surface area contributed by atoms with E-state index in [9.17, 15) is 4.79 Å². The summed E-state index contributed by atoms with van der Waals surface area (Å²) in [6.45, 7) is 0. The molecule has 2 aromatic carbocycles. The highest BCUT2D eigenvalue weighted by molar-refractivity contribution is 6.31. The molecule has 0 aliphatic heterocycles. The molecular formula is C19H13ClO. The summed E-state index contributed by atoms with van der Waals surface area (Å²) < 4.78 is 0. The highest BCUT2D eigenvalue weighted by Crippen LogP contribution is 2.44. The number of halogens is 1. The van der Waals surface area contributed by atoms with Crippen molar-refractivity contribution in [3.63, 3.8) is 0 Å². The molecule has 0 bridgehead atoms. The maximum Gasteiger partial charge on any atom is 0.194 e. The normalized spacial score (nSPS) is 16.6. The number of rotatable bonds is 1. The number of Topliss-reactive ketones (excluding diaryl/α,β-unsaturated/α-hetero) is 1. The van der Waals surface area contributed by atoms with E-state index in [1.165, 1.54) is 5.57 Å². The molecule has 0 fully saturated rings.